The van der Waals surface area contributed by atoms with E-state index in [0.29, 0.717) is 11.8 Å². The summed E-state index contributed by atoms with van der Waals surface area (Å²) in [6, 6.07) is 0.308. The number of nitrogens with one attached hydrogen (secondary N) is 1. The van der Waals surface area contributed by atoms with Crippen molar-refractivity contribution in [2.24, 2.45) is 0 Å². The topological polar surface area (TPSA) is 46.2 Å². The predicted molar refractivity (Wildman–Crippen MR) is 49.9 cm³/mol. The Kier molecular flexibility index (Phi) is 3.12. The molecule has 1 fully saturated rings. The largest absolute Gasteiger partial charge is 0.317 e. The van der Waals surface area contributed by atoms with Crippen molar-refractivity contribution in [3.05, 3.63) is 0 Å². The minimum Gasteiger partial charge on any atom is -0.317 e. The summed E-state index contributed by atoms with van der Waals surface area (Å²) in [5.41, 5.74) is 0. The maximum absolute atomic E-state index is 11.4. The zero-order chi connectivity index (χ0) is 9.19. The van der Waals surface area contributed by atoms with E-state index in [-0.39, 0.29) is 5.25 Å². The van der Waals surface area contributed by atoms with E-state index in [1.54, 1.807) is 0 Å². The summed E-state index contributed by atoms with van der Waals surface area (Å²) < 4.78 is 22.8. The van der Waals surface area contributed by atoms with Gasteiger partial charge in [0.1, 0.15) is 0 Å². The van der Waals surface area contributed by atoms with Gasteiger partial charge in [-0.2, -0.15) is 0 Å². The highest BCUT2D eigenvalue weighted by Gasteiger charge is 2.31. The molecular formula is C8H17NO2S. The fraction of sp³-hybridized carbons (Fsp3) is 1.00. The molecule has 0 aliphatic carbocycles. The minimum atomic E-state index is -2.73. The maximum Gasteiger partial charge on any atom is 0.153 e. The van der Waals surface area contributed by atoms with Crippen LogP contribution in [0.4, 0.5) is 0 Å². The van der Waals surface area contributed by atoms with Crippen molar-refractivity contribution in [1.29, 1.82) is 0 Å². The predicted octanol–water partition coefficient (Wildman–Crippen LogP) is 0.562. The van der Waals surface area contributed by atoms with Crippen molar-refractivity contribution in [3.8, 4) is 0 Å². The van der Waals surface area contributed by atoms with E-state index < -0.39 is 9.84 Å². The molecule has 1 N–H and O–H groups in total. The van der Waals surface area contributed by atoms with Crippen molar-refractivity contribution >= 4 is 9.84 Å². The molecule has 2 unspecified atom stereocenters. The van der Waals surface area contributed by atoms with E-state index >= 15 is 0 Å². The maximum atomic E-state index is 11.4. The molecule has 1 saturated heterocycles. The van der Waals surface area contributed by atoms with E-state index in [1.807, 2.05) is 14.0 Å². The summed E-state index contributed by atoms with van der Waals surface area (Å²) in [6.07, 6.45) is 2.47. The van der Waals surface area contributed by atoms with Gasteiger partial charge >= 0.3 is 0 Å². The number of sulfone groups is 1. The molecule has 12 heavy (non-hydrogen) atoms. The smallest absolute Gasteiger partial charge is 0.153 e. The zero-order valence-electron chi connectivity index (χ0n) is 7.71. The molecule has 1 rings (SSSR count). The Morgan fingerprint density at radius 1 is 1.58 bits per heavy atom. The van der Waals surface area contributed by atoms with Gasteiger partial charge in [-0.25, -0.2) is 8.42 Å². The molecule has 1 heterocycles. The molecule has 0 bridgehead atoms. The first-order valence-corrected chi connectivity index (χ1v) is 6.16. The standard InChI is InChI=1S/C8H17NO2S/c1-7(9-2)6-8-4-3-5-12(8,10)11/h7-9H,3-6H2,1-2H3. The zero-order valence-corrected chi connectivity index (χ0v) is 8.52. The van der Waals surface area contributed by atoms with Gasteiger partial charge < -0.3 is 5.32 Å². The van der Waals surface area contributed by atoms with Crippen molar-refractivity contribution in [3.63, 3.8) is 0 Å². The second-order valence-electron chi connectivity index (χ2n) is 3.56. The number of hydrogen-bond donors (Lipinski definition) is 1. The van der Waals surface area contributed by atoms with Crippen molar-refractivity contribution in [2.75, 3.05) is 12.8 Å². The molecule has 1 aliphatic heterocycles. The molecule has 0 amide bonds. The van der Waals surface area contributed by atoms with Crippen LogP contribution < -0.4 is 5.32 Å². The van der Waals surface area contributed by atoms with E-state index in [2.05, 4.69) is 5.32 Å². The molecule has 72 valence electrons. The van der Waals surface area contributed by atoms with Gasteiger partial charge in [-0.1, -0.05) is 0 Å². The van der Waals surface area contributed by atoms with Crippen LogP contribution in [0, 0.1) is 0 Å². The number of hydrogen-bond acceptors (Lipinski definition) is 3. The third kappa shape index (κ3) is 2.20. The molecule has 0 aromatic rings. The Bertz CT molecular complexity index is 235. The molecule has 2 atom stereocenters. The first kappa shape index (κ1) is 9.99. The fourth-order valence-electron chi connectivity index (χ4n) is 1.64. The summed E-state index contributed by atoms with van der Waals surface area (Å²) in [7, 11) is -0.865. The van der Waals surface area contributed by atoms with Crippen molar-refractivity contribution in [1.82, 2.24) is 5.32 Å². The molecule has 1 aliphatic rings. The molecule has 4 heteroatoms. The summed E-state index contributed by atoms with van der Waals surface area (Å²) in [5.74, 6) is 0.397. The first-order valence-electron chi connectivity index (χ1n) is 4.45. The second-order valence-corrected chi connectivity index (χ2v) is 5.96. The molecular weight excluding hydrogens is 174 g/mol. The lowest BCUT2D eigenvalue weighted by Gasteiger charge is -2.14. The van der Waals surface area contributed by atoms with Gasteiger partial charge in [0.15, 0.2) is 9.84 Å². The van der Waals surface area contributed by atoms with E-state index in [0.717, 1.165) is 19.3 Å². The fourth-order valence-corrected chi connectivity index (χ4v) is 3.65. The summed E-state index contributed by atoms with van der Waals surface area (Å²) in [5, 5.41) is 2.98. The Labute approximate surface area is 74.5 Å². The molecule has 3 nitrogen and oxygen atoms in total. The lowest BCUT2D eigenvalue weighted by atomic mass is 10.1. The highest BCUT2D eigenvalue weighted by Crippen LogP contribution is 2.23. The van der Waals surface area contributed by atoms with Crippen LogP contribution in [-0.2, 0) is 9.84 Å². The lowest BCUT2D eigenvalue weighted by Crippen LogP contribution is -2.29. The van der Waals surface area contributed by atoms with E-state index in [1.165, 1.54) is 0 Å². The average Bonchev–Trinajstić information content (AvgIpc) is 2.31. The van der Waals surface area contributed by atoms with Gasteiger partial charge in [-0.15, -0.1) is 0 Å². The first-order chi connectivity index (χ1) is 5.56. The lowest BCUT2D eigenvalue weighted by molar-refractivity contribution is 0.522. The highest BCUT2D eigenvalue weighted by molar-refractivity contribution is 7.92. The third-order valence-corrected chi connectivity index (χ3v) is 4.87. The minimum absolute atomic E-state index is 0.0834. The van der Waals surface area contributed by atoms with Crippen LogP contribution in [0.15, 0.2) is 0 Å². The Morgan fingerprint density at radius 2 is 2.25 bits per heavy atom. The monoisotopic (exact) mass is 191 g/mol. The van der Waals surface area contributed by atoms with Gasteiger partial charge in [0.2, 0.25) is 0 Å². The quantitative estimate of drug-likeness (QED) is 0.709. The third-order valence-electron chi connectivity index (χ3n) is 2.57. The molecule has 0 radical (unpaired) electrons. The number of rotatable bonds is 3. The van der Waals surface area contributed by atoms with Gasteiger partial charge in [0.05, 0.1) is 11.0 Å². The molecule has 0 saturated carbocycles. The van der Waals surface area contributed by atoms with E-state index in [4.69, 9.17) is 0 Å². The SMILES string of the molecule is CNC(C)CC1CCCS1(=O)=O. The van der Waals surface area contributed by atoms with Gasteiger partial charge in [0.25, 0.3) is 0 Å². The van der Waals surface area contributed by atoms with Crippen molar-refractivity contribution < 1.29 is 8.42 Å². The van der Waals surface area contributed by atoms with Crippen LogP contribution in [0.3, 0.4) is 0 Å². The highest BCUT2D eigenvalue weighted by atomic mass is 32.2. The molecule has 0 aromatic heterocycles. The summed E-state index contributed by atoms with van der Waals surface area (Å²) in [6.45, 7) is 2.02. The van der Waals surface area contributed by atoms with Crippen LogP contribution >= 0.6 is 0 Å². The van der Waals surface area contributed by atoms with Crippen molar-refractivity contribution in [2.45, 2.75) is 37.5 Å². The van der Waals surface area contributed by atoms with E-state index in [9.17, 15) is 8.42 Å². The Hall–Kier alpha value is -0.0900. The molecule has 0 spiro atoms. The average molecular weight is 191 g/mol. The Balaban J connectivity index is 2.53. The normalized spacial score (nSPS) is 30.3. The summed E-state index contributed by atoms with van der Waals surface area (Å²) in [4.78, 5) is 0. The van der Waals surface area contributed by atoms with Gasteiger partial charge in [-0.3, -0.25) is 0 Å². The molecule has 0 aromatic carbocycles. The van der Waals surface area contributed by atoms with Crippen LogP contribution in [0.5, 0.6) is 0 Å². The summed E-state index contributed by atoms with van der Waals surface area (Å²) >= 11 is 0. The van der Waals surface area contributed by atoms with Gasteiger partial charge in [-0.05, 0) is 33.2 Å². The second kappa shape index (κ2) is 3.75. The van der Waals surface area contributed by atoms with Crippen LogP contribution in [0.1, 0.15) is 26.2 Å². The Morgan fingerprint density at radius 3 is 2.67 bits per heavy atom. The van der Waals surface area contributed by atoms with Crippen LogP contribution in [0.25, 0.3) is 0 Å². The van der Waals surface area contributed by atoms with Crippen LogP contribution in [0.2, 0.25) is 0 Å². The van der Waals surface area contributed by atoms with Crippen LogP contribution in [-0.4, -0.2) is 32.5 Å². The van der Waals surface area contributed by atoms with Gasteiger partial charge in [0, 0.05) is 6.04 Å².